The van der Waals surface area contributed by atoms with Gasteiger partial charge < -0.3 is 152 Å². The molecule has 0 bridgehead atoms. The molecule has 49 heteroatoms. The number of aromatic amines is 2. The monoisotopic (exact) mass is 2060 g/mol. The van der Waals surface area contributed by atoms with Crippen molar-refractivity contribution in [3.05, 3.63) is 137 Å². The fraction of sp³-hybridized carbons (Fsp3) is 0.531. The molecule has 16 amide bonds. The fourth-order valence-corrected chi connectivity index (χ4v) is 17.5. The predicted octanol–water partition coefficient (Wildman–Crippen LogP) is -6.64. The highest BCUT2D eigenvalue weighted by atomic mass is 32.1. The minimum atomic E-state index is -2.02. The van der Waals surface area contributed by atoms with Gasteiger partial charge in [0, 0.05) is 103 Å². The number of aromatic nitrogens is 2. The molecule has 3 heterocycles. The summed E-state index contributed by atoms with van der Waals surface area (Å²) in [5, 5.41) is 143. The van der Waals surface area contributed by atoms with Gasteiger partial charge in [-0.25, -0.2) is 4.79 Å². The Balaban J connectivity index is 0.872. The van der Waals surface area contributed by atoms with Gasteiger partial charge in [0.1, 0.15) is 90.3 Å². The molecule has 1 fully saturated rings. The maximum atomic E-state index is 15.1. The van der Waals surface area contributed by atoms with Gasteiger partial charge in [-0.2, -0.15) is 25.3 Å². The van der Waals surface area contributed by atoms with E-state index in [-0.39, 0.29) is 93.4 Å². The number of piperidine rings is 1. The second-order valence-electron chi connectivity index (χ2n) is 35.9. The Bertz CT molecular complexity index is 5390. The van der Waals surface area contributed by atoms with Crippen molar-refractivity contribution in [2.75, 3.05) is 77.3 Å². The van der Waals surface area contributed by atoms with Gasteiger partial charge >= 0.3 is 5.97 Å². The summed E-state index contributed by atoms with van der Waals surface area (Å²) in [6.45, 7) is 1.36. The SMILES string of the molecule is CCCC[C@H](NC(=O)[C@@H](CO)NC(=O)[C@@H](CO)NC(=O)[C@@H](CO)NC(=O)[C@@H](CO)NC(=O)[C@@H](CO)NC(=O)CCCC(=O)NC[C@@H]1CC2c3cccc4[nH]cc(c34)CC2N(CCC)C1)C(=O)N[C@H](Cc1ccc(O)cc1)C(=O)N[C@H](CO)C(=O)N[C@@H](CS)C(=O)N[C@@H](Cc1ccccc1)C(=O)N[C@H](Cc1c[nH]c2ccccc12)C(=O)N[C@@H](CCCCN)C(=O)N[C@H](C(=O)N[C@@H](CS)C(=O)N[C@H](C(=O)O)[C@@H](C)O)[C@@H](C)O. The van der Waals surface area contributed by atoms with Gasteiger partial charge in [0.2, 0.25) is 94.5 Å². The van der Waals surface area contributed by atoms with Crippen molar-refractivity contribution in [3.8, 4) is 5.75 Å². The number of phenols is 1. The quantitative estimate of drug-likeness (QED) is 0.0125. The third-order valence-electron chi connectivity index (χ3n) is 24.9. The summed E-state index contributed by atoms with van der Waals surface area (Å²) < 4.78 is 0. The summed E-state index contributed by atoms with van der Waals surface area (Å²) in [5.41, 5.74) is 11.4. The lowest BCUT2D eigenvalue weighted by molar-refractivity contribution is -0.145. The first-order chi connectivity index (χ1) is 69.4. The zero-order valence-electron chi connectivity index (χ0n) is 80.9. The van der Waals surface area contributed by atoms with Gasteiger partial charge in [0.15, 0.2) is 6.04 Å². The van der Waals surface area contributed by atoms with E-state index in [1.54, 1.807) is 67.7 Å². The zero-order chi connectivity index (χ0) is 106. The molecule has 20 atom stereocenters. The normalized spacial score (nSPS) is 17.3. The number of nitrogens with two attached hydrogens (primary N) is 1. The number of thiol groups is 2. The van der Waals surface area contributed by atoms with Gasteiger partial charge in [-0.1, -0.05) is 99.5 Å². The molecule has 30 N–H and O–H groups in total. The van der Waals surface area contributed by atoms with Crippen LogP contribution < -0.4 is 90.8 Å². The first-order valence-corrected chi connectivity index (χ1v) is 49.3. The first kappa shape index (κ1) is 117. The molecule has 0 saturated carbocycles. The minimum Gasteiger partial charge on any atom is -0.508 e. The lowest BCUT2D eigenvalue weighted by Crippen LogP contribution is -2.62. The number of aromatic hydroxyl groups is 1. The smallest absolute Gasteiger partial charge is 0.328 e. The van der Waals surface area contributed by atoms with Crippen molar-refractivity contribution in [1.82, 2.24) is 99.9 Å². The van der Waals surface area contributed by atoms with Crippen molar-refractivity contribution in [1.29, 1.82) is 0 Å². The molecule has 794 valence electrons. The molecule has 4 aromatic carbocycles. The van der Waals surface area contributed by atoms with E-state index in [2.05, 4.69) is 157 Å². The maximum absolute atomic E-state index is 15.1. The second-order valence-corrected chi connectivity index (χ2v) is 36.6. The number of para-hydroxylation sites is 1. The number of carboxylic acids is 1. The van der Waals surface area contributed by atoms with Gasteiger partial charge in [-0.3, -0.25) is 81.6 Å². The van der Waals surface area contributed by atoms with E-state index in [0.29, 0.717) is 47.5 Å². The Kier molecular flexibility index (Phi) is 47.6. The average molecular weight is 2070 g/mol. The second kappa shape index (κ2) is 58.9. The highest BCUT2D eigenvalue weighted by Crippen LogP contribution is 2.45. The maximum Gasteiger partial charge on any atom is 0.328 e. The molecule has 2 aliphatic rings. The van der Waals surface area contributed by atoms with Crippen molar-refractivity contribution in [3.63, 3.8) is 0 Å². The van der Waals surface area contributed by atoms with Crippen LogP contribution in [0.25, 0.3) is 21.8 Å². The van der Waals surface area contributed by atoms with Gasteiger partial charge in [-0.05, 0) is 136 Å². The van der Waals surface area contributed by atoms with Gasteiger partial charge in [0.05, 0.1) is 51.8 Å². The third-order valence-corrected chi connectivity index (χ3v) is 25.7. The van der Waals surface area contributed by atoms with Crippen molar-refractivity contribution < 1.29 is 133 Å². The number of benzene rings is 4. The molecular weight excluding hydrogens is 1930 g/mol. The molecule has 1 aliphatic carbocycles. The molecule has 6 aromatic rings. The lowest BCUT2D eigenvalue weighted by Gasteiger charge is -2.47. The van der Waals surface area contributed by atoms with Crippen LogP contribution in [0.1, 0.15) is 132 Å². The van der Waals surface area contributed by atoms with Gasteiger partial charge in [-0.15, -0.1) is 0 Å². The number of aliphatic hydroxyl groups is 8. The summed E-state index contributed by atoms with van der Waals surface area (Å²) in [5.74, 6) is -19.7. The summed E-state index contributed by atoms with van der Waals surface area (Å²) >= 11 is 8.43. The highest BCUT2D eigenvalue weighted by Gasteiger charge is 2.44. The van der Waals surface area contributed by atoms with Crippen LogP contribution in [0.2, 0.25) is 0 Å². The van der Waals surface area contributed by atoms with Crippen LogP contribution in [0.3, 0.4) is 0 Å². The number of nitrogens with one attached hydrogen (secondary N) is 18. The van der Waals surface area contributed by atoms with Crippen molar-refractivity contribution >= 4 is 148 Å². The fourth-order valence-electron chi connectivity index (χ4n) is 17.0. The number of H-pyrrole nitrogens is 2. The summed E-state index contributed by atoms with van der Waals surface area (Å²) in [4.78, 5) is 245. The Hall–Kier alpha value is -13.0. The number of amides is 16. The molecule has 1 saturated heterocycles. The minimum absolute atomic E-state index is 0.0418. The third kappa shape index (κ3) is 34.6. The van der Waals surface area contributed by atoms with Crippen LogP contribution >= 0.6 is 25.3 Å². The van der Waals surface area contributed by atoms with Crippen LogP contribution in [0.5, 0.6) is 5.75 Å². The lowest BCUT2D eigenvalue weighted by atomic mass is 9.72. The molecule has 2 aromatic heterocycles. The number of carbonyl (C=O) groups excluding carboxylic acids is 16. The molecule has 1 aliphatic heterocycles. The largest absolute Gasteiger partial charge is 0.508 e. The van der Waals surface area contributed by atoms with Crippen molar-refractivity contribution in [2.24, 2.45) is 11.7 Å². The highest BCUT2D eigenvalue weighted by molar-refractivity contribution is 7.80. The number of hydrogen-bond donors (Lipinski definition) is 31. The van der Waals surface area contributed by atoms with Crippen LogP contribution in [-0.4, -0.2) is 353 Å². The summed E-state index contributed by atoms with van der Waals surface area (Å²) in [7, 11) is 0. The standard InChI is InChI=1S/C96H136N20O27S2/c1-5-7-21-63(103-88(134)69(43-118)109-90(136)71(45-120)111-91(137)72(46-121)110-89(135)70(44-119)108-87(133)68(42-117)101-78(127)26-16-25-77(126)100-38-54-33-60-59-20-15-24-62-79(59)56(40-99-62)37-76(60)116(41-54)32-6-2)82(128)104-66(35-53-27-29-57(125)30-28-53)85(131)107-73(47-122)92(138)112-74(48-144)93(139)105-65(34-52-17-9-8-10-18-52)84(130)106-67(36-55-39-98-61-22-12-11-19-58(55)61)86(132)102-64(23-13-14-31-97)83(129)114-80(50(3)123)95(141)113-75(49-145)94(140)115-81(51(4)124)96(142)143/h8-12,15,17-20,22,24,27-30,39-40,50-51,54,60,63-76,80-81,98-99,117-125,144-145H,5-7,13-14,16,21,23,25-26,31-38,41-49,97H2,1-4H3,(H,100,126)(H,101,127)(H,102,132)(H,103,134)(H,104,128)(H,105,139)(H,106,130)(H,107,131)(H,108,133)(H,109,136)(H,110,135)(H,111,137)(H,112,138)(H,113,141)(H,114,129)(H,115,140)(H,142,143)/t50-,51-,54+,60?,63+,64+,65+,66-,67-,68-,69-,70-,71-,72-,73-,74+,75+,76?,80+,81+/m1/s1. The molecule has 145 heavy (non-hydrogen) atoms. The van der Waals surface area contributed by atoms with E-state index in [4.69, 9.17) is 5.73 Å². The first-order valence-electron chi connectivity index (χ1n) is 48.1. The number of aliphatic hydroxyl groups excluding tert-OH is 8. The van der Waals surface area contributed by atoms with E-state index in [0.717, 1.165) is 51.7 Å². The van der Waals surface area contributed by atoms with Crippen molar-refractivity contribution in [2.45, 2.75) is 239 Å². The number of carboxylic acid groups (broad SMARTS) is 1. The van der Waals surface area contributed by atoms with Gasteiger partial charge in [0.25, 0.3) is 0 Å². The van der Waals surface area contributed by atoms with Crippen LogP contribution in [0.15, 0.2) is 109 Å². The Morgan fingerprint density at radius 1 is 0.421 bits per heavy atom. The number of nitrogens with zero attached hydrogens (tertiary/aromatic N) is 1. The van der Waals surface area contributed by atoms with Crippen LogP contribution in [-0.2, 0) is 107 Å². The van der Waals surface area contributed by atoms with E-state index in [1.807, 2.05) is 0 Å². The number of carbonyl (C=O) groups is 17. The molecule has 47 nitrogen and oxygen atoms in total. The number of hydrogen-bond acceptors (Lipinski definition) is 30. The Morgan fingerprint density at radius 2 is 0.828 bits per heavy atom. The molecule has 0 radical (unpaired) electrons. The van der Waals surface area contributed by atoms with E-state index >= 15 is 9.59 Å². The predicted molar refractivity (Wildman–Crippen MR) is 532 cm³/mol. The Morgan fingerprint density at radius 3 is 1.32 bits per heavy atom. The van der Waals surface area contributed by atoms with Crippen LogP contribution in [0.4, 0.5) is 0 Å². The number of unbranched alkanes of at least 4 members (excludes halogenated alkanes) is 2. The number of rotatable bonds is 61. The molecular formula is C96H136N20O27S2. The topological polar surface area (TPSA) is 746 Å². The summed E-state index contributed by atoms with van der Waals surface area (Å²) in [6, 6.07) is 0.338. The van der Waals surface area contributed by atoms with E-state index < -0.39 is 255 Å². The molecule has 8 rings (SSSR count). The van der Waals surface area contributed by atoms with Crippen LogP contribution in [0, 0.1) is 5.92 Å². The number of fused-ring (bicyclic) bond motifs is 3. The molecule has 2 unspecified atom stereocenters. The zero-order valence-corrected chi connectivity index (χ0v) is 82.7. The average Bonchev–Trinajstić information content (AvgIpc) is 1.64. The number of aliphatic carboxylic acids is 1. The summed E-state index contributed by atoms with van der Waals surface area (Å²) in [6.07, 6.45) is 2.66. The van der Waals surface area contributed by atoms with E-state index in [1.165, 1.54) is 40.8 Å². The number of likely N-dealkylation sites (tertiary alicyclic amines) is 1. The Labute approximate surface area is 846 Å². The molecule has 0 spiro atoms. The van der Waals surface area contributed by atoms with E-state index in [9.17, 15) is 123 Å². The number of phenolic OH excluding ortho intramolecular Hbond substituents is 1.